The zero-order chi connectivity index (χ0) is 13.8. The lowest BCUT2D eigenvalue weighted by Gasteiger charge is -2.29. The van der Waals surface area contributed by atoms with E-state index in [1.165, 1.54) is 12.8 Å². The monoisotopic (exact) mass is 255 g/mol. The van der Waals surface area contributed by atoms with Crippen LogP contribution in [0.15, 0.2) is 0 Å². The summed E-state index contributed by atoms with van der Waals surface area (Å²) in [6.45, 7) is 8.89. The first-order chi connectivity index (χ1) is 8.30. The van der Waals surface area contributed by atoms with E-state index in [-0.39, 0.29) is 23.3 Å². The maximum Gasteiger partial charge on any atom is 0.223 e. The van der Waals surface area contributed by atoms with E-state index in [1.54, 1.807) is 6.92 Å². The Morgan fingerprint density at radius 1 is 1.33 bits per heavy atom. The molecule has 2 N–H and O–H groups in total. The third kappa shape index (κ3) is 5.38. The molecule has 0 bridgehead atoms. The maximum atomic E-state index is 12.1. The molecule has 1 unspecified atom stereocenters. The van der Waals surface area contributed by atoms with E-state index in [0.717, 1.165) is 25.2 Å². The predicted octanol–water partition coefficient (Wildman–Crippen LogP) is 2.73. The summed E-state index contributed by atoms with van der Waals surface area (Å²) >= 11 is 0. The Morgan fingerprint density at radius 2 is 1.89 bits per heavy atom. The van der Waals surface area contributed by atoms with Crippen LogP contribution in [0.4, 0.5) is 0 Å². The van der Waals surface area contributed by atoms with Crippen LogP contribution in [0, 0.1) is 17.3 Å². The molecule has 1 aliphatic carbocycles. The third-order valence-electron chi connectivity index (χ3n) is 3.98. The molecular formula is C15H29NO2. The second kappa shape index (κ2) is 6.55. The first-order valence-electron chi connectivity index (χ1n) is 7.26. The maximum absolute atomic E-state index is 12.1. The summed E-state index contributed by atoms with van der Waals surface area (Å²) in [5, 5.41) is 12.5. The van der Waals surface area contributed by atoms with Crippen LogP contribution in [0.2, 0.25) is 0 Å². The smallest absolute Gasteiger partial charge is 0.223 e. The normalized spacial score (nSPS) is 26.7. The Hall–Kier alpha value is -0.570. The SMILES string of the molecule is CC(O)CC(C)(C)CNC(=O)C1CCC(C)CC1. The van der Waals surface area contributed by atoms with Crippen LogP contribution in [0.5, 0.6) is 0 Å². The van der Waals surface area contributed by atoms with Gasteiger partial charge in [-0.1, -0.05) is 20.8 Å². The van der Waals surface area contributed by atoms with Gasteiger partial charge >= 0.3 is 0 Å². The van der Waals surface area contributed by atoms with Gasteiger partial charge in [0.25, 0.3) is 0 Å². The lowest BCUT2D eigenvalue weighted by atomic mass is 9.82. The van der Waals surface area contributed by atoms with Crippen LogP contribution < -0.4 is 5.32 Å². The van der Waals surface area contributed by atoms with Gasteiger partial charge in [0.15, 0.2) is 0 Å². The average molecular weight is 255 g/mol. The summed E-state index contributed by atoms with van der Waals surface area (Å²) in [5.74, 6) is 1.20. The number of carbonyl (C=O) groups is 1. The zero-order valence-electron chi connectivity index (χ0n) is 12.3. The van der Waals surface area contributed by atoms with Gasteiger partial charge in [-0.15, -0.1) is 0 Å². The number of aliphatic hydroxyl groups excluding tert-OH is 1. The molecule has 1 aliphatic rings. The second-order valence-corrected chi connectivity index (χ2v) is 6.89. The van der Waals surface area contributed by atoms with E-state index < -0.39 is 0 Å². The summed E-state index contributed by atoms with van der Waals surface area (Å²) in [6.07, 6.45) is 4.82. The van der Waals surface area contributed by atoms with Crippen molar-refractivity contribution in [3.63, 3.8) is 0 Å². The minimum atomic E-state index is -0.313. The molecule has 0 aromatic heterocycles. The lowest BCUT2D eigenvalue weighted by molar-refractivity contribution is -0.126. The molecule has 18 heavy (non-hydrogen) atoms. The Kier molecular flexibility index (Phi) is 5.64. The molecule has 0 saturated heterocycles. The minimum Gasteiger partial charge on any atom is -0.393 e. The van der Waals surface area contributed by atoms with Gasteiger partial charge in [-0.3, -0.25) is 4.79 Å². The zero-order valence-corrected chi connectivity index (χ0v) is 12.3. The molecule has 1 fully saturated rings. The van der Waals surface area contributed by atoms with Crippen molar-refractivity contribution in [3.8, 4) is 0 Å². The average Bonchev–Trinajstić information content (AvgIpc) is 2.25. The van der Waals surface area contributed by atoms with Crippen LogP contribution in [-0.4, -0.2) is 23.7 Å². The highest BCUT2D eigenvalue weighted by Crippen LogP contribution is 2.28. The largest absolute Gasteiger partial charge is 0.393 e. The molecule has 0 aromatic carbocycles. The molecule has 1 rings (SSSR count). The lowest BCUT2D eigenvalue weighted by Crippen LogP contribution is -2.39. The van der Waals surface area contributed by atoms with Crippen molar-refractivity contribution in [3.05, 3.63) is 0 Å². The van der Waals surface area contributed by atoms with Crippen LogP contribution in [0.3, 0.4) is 0 Å². The van der Waals surface area contributed by atoms with Crippen molar-refractivity contribution < 1.29 is 9.90 Å². The fourth-order valence-electron chi connectivity index (χ4n) is 2.86. The van der Waals surface area contributed by atoms with E-state index in [2.05, 4.69) is 26.1 Å². The summed E-state index contributed by atoms with van der Waals surface area (Å²) in [5.41, 5.74) is -0.0359. The topological polar surface area (TPSA) is 49.3 Å². The molecule has 0 radical (unpaired) electrons. The van der Waals surface area contributed by atoms with Crippen molar-refractivity contribution >= 4 is 5.91 Å². The van der Waals surface area contributed by atoms with Crippen LogP contribution >= 0.6 is 0 Å². The van der Waals surface area contributed by atoms with E-state index in [1.807, 2.05) is 0 Å². The second-order valence-electron chi connectivity index (χ2n) is 6.89. The van der Waals surface area contributed by atoms with Gasteiger partial charge in [0, 0.05) is 12.5 Å². The highest BCUT2D eigenvalue weighted by atomic mass is 16.3. The number of carbonyl (C=O) groups excluding carboxylic acids is 1. The number of hydrogen-bond acceptors (Lipinski definition) is 2. The van der Waals surface area contributed by atoms with Crippen molar-refractivity contribution in [2.75, 3.05) is 6.54 Å². The minimum absolute atomic E-state index is 0.0359. The molecule has 1 amide bonds. The van der Waals surface area contributed by atoms with Gasteiger partial charge in [0.2, 0.25) is 5.91 Å². The van der Waals surface area contributed by atoms with Crippen LogP contribution in [0.25, 0.3) is 0 Å². The van der Waals surface area contributed by atoms with Gasteiger partial charge in [-0.25, -0.2) is 0 Å². The third-order valence-corrected chi connectivity index (χ3v) is 3.98. The molecule has 1 atom stereocenters. The van der Waals surface area contributed by atoms with Gasteiger partial charge in [-0.05, 0) is 50.4 Å². The molecule has 0 aromatic rings. The van der Waals surface area contributed by atoms with Crippen LogP contribution in [-0.2, 0) is 4.79 Å². The van der Waals surface area contributed by atoms with Crippen LogP contribution in [0.1, 0.15) is 59.8 Å². The van der Waals surface area contributed by atoms with E-state index >= 15 is 0 Å². The highest BCUT2D eigenvalue weighted by molar-refractivity contribution is 5.78. The summed E-state index contributed by atoms with van der Waals surface area (Å²) in [7, 11) is 0. The fraction of sp³-hybridized carbons (Fsp3) is 0.933. The van der Waals surface area contributed by atoms with E-state index in [4.69, 9.17) is 0 Å². The number of amides is 1. The van der Waals surface area contributed by atoms with Crippen molar-refractivity contribution in [2.24, 2.45) is 17.3 Å². The summed E-state index contributed by atoms with van der Waals surface area (Å²) < 4.78 is 0. The number of nitrogens with one attached hydrogen (secondary N) is 1. The molecule has 3 nitrogen and oxygen atoms in total. The first kappa shape index (κ1) is 15.5. The molecule has 0 aliphatic heterocycles. The summed E-state index contributed by atoms with van der Waals surface area (Å²) in [6, 6.07) is 0. The number of aliphatic hydroxyl groups is 1. The fourth-order valence-corrected chi connectivity index (χ4v) is 2.86. The Morgan fingerprint density at radius 3 is 2.39 bits per heavy atom. The van der Waals surface area contributed by atoms with Crippen molar-refractivity contribution in [2.45, 2.75) is 65.9 Å². The van der Waals surface area contributed by atoms with Gasteiger partial charge in [-0.2, -0.15) is 0 Å². The van der Waals surface area contributed by atoms with Gasteiger partial charge < -0.3 is 10.4 Å². The Labute approximate surface area is 111 Å². The molecule has 106 valence electrons. The molecule has 0 heterocycles. The predicted molar refractivity (Wildman–Crippen MR) is 74.2 cm³/mol. The Bertz CT molecular complexity index is 266. The van der Waals surface area contributed by atoms with Crippen molar-refractivity contribution in [1.82, 2.24) is 5.32 Å². The molecular weight excluding hydrogens is 226 g/mol. The molecule has 3 heteroatoms. The summed E-state index contributed by atoms with van der Waals surface area (Å²) in [4.78, 5) is 12.1. The Balaban J connectivity index is 2.32. The van der Waals surface area contributed by atoms with E-state index in [0.29, 0.717) is 6.54 Å². The van der Waals surface area contributed by atoms with E-state index in [9.17, 15) is 9.90 Å². The molecule has 1 saturated carbocycles. The first-order valence-corrected chi connectivity index (χ1v) is 7.26. The van der Waals surface area contributed by atoms with Gasteiger partial charge in [0.05, 0.1) is 6.10 Å². The highest BCUT2D eigenvalue weighted by Gasteiger charge is 2.26. The molecule has 0 spiro atoms. The van der Waals surface area contributed by atoms with Gasteiger partial charge in [0.1, 0.15) is 0 Å². The van der Waals surface area contributed by atoms with Crippen molar-refractivity contribution in [1.29, 1.82) is 0 Å². The quantitative estimate of drug-likeness (QED) is 0.793. The number of hydrogen-bond donors (Lipinski definition) is 2. The standard InChI is InChI=1S/C15H29NO2/c1-11-5-7-13(8-6-11)14(18)16-10-15(3,4)9-12(2)17/h11-13,17H,5-10H2,1-4H3,(H,16,18). The number of rotatable bonds is 5.